The molecule has 4 aliphatic rings. The fraction of sp³-hybridized carbons (Fsp3) is 0.545. The number of aromatic amines is 1. The molecule has 4 aliphatic heterocycles. The summed E-state index contributed by atoms with van der Waals surface area (Å²) in [7, 11) is -3.19. The van der Waals surface area contributed by atoms with Crippen molar-refractivity contribution in [2.75, 3.05) is 31.7 Å². The fourth-order valence-corrected chi connectivity index (χ4v) is 8.94. The fourth-order valence-electron chi connectivity index (χ4n) is 6.26. The number of H-pyrrole nitrogens is 1. The SMILES string of the molecule is COC1C2CNS(=O)(=O)OC3C4OC[C@H](OP(O)(=S)OC1C(n1cnc5c(=O)[nH]c(N)nc51)O2)C3OC4n1cnc2c(N)ncnc21. The monoisotopic (exact) mass is 715 g/mol. The number of methoxy groups -OCH3 is 1. The molecule has 25 heteroatoms. The second-order valence-electron chi connectivity index (χ2n) is 11.0. The molecule has 4 saturated heterocycles. The standard InChI is InChI=1S/C22H26N11O11PS2/c1-38-11-7-2-29-47(36,37)44-13-12-8(3-39-14(13)20(41-12)32-5-27-9-16(23)25-4-26-17(9)32)42-45(35,46)43-15(11)21(40-7)33-6-28-10-18(33)30-22(24)31-19(10)34/h4-8,11-15,20-21,29H,2-3H2,1H3,(H,35,46)(H2,23,25,26)(H3,24,30,31,34)/t7?,8-,11?,12?,13?,14?,15?,20?,21?,45?/m0/s1. The Bertz CT molecular complexity index is 2100. The van der Waals surface area contributed by atoms with Gasteiger partial charge in [0.15, 0.2) is 35.1 Å². The lowest BCUT2D eigenvalue weighted by Crippen LogP contribution is -2.52. The van der Waals surface area contributed by atoms with Crippen LogP contribution in [0.2, 0.25) is 0 Å². The molecule has 8 rings (SSSR count). The molecule has 0 saturated carbocycles. The molecule has 0 amide bonds. The van der Waals surface area contributed by atoms with E-state index in [-0.39, 0.29) is 36.1 Å². The lowest BCUT2D eigenvalue weighted by Gasteiger charge is -2.35. The van der Waals surface area contributed by atoms with Gasteiger partial charge in [0.05, 0.1) is 19.3 Å². The topological polar surface area (TPSA) is 290 Å². The molecule has 4 aromatic rings. The number of nitrogens with one attached hydrogen (secondary N) is 2. The lowest BCUT2D eigenvalue weighted by molar-refractivity contribution is -0.114. The molecule has 0 aromatic carbocycles. The van der Waals surface area contributed by atoms with Crippen molar-refractivity contribution in [3.8, 4) is 0 Å². The van der Waals surface area contributed by atoms with E-state index in [0.29, 0.717) is 11.2 Å². The van der Waals surface area contributed by atoms with Crippen molar-refractivity contribution in [2.45, 2.75) is 55.2 Å². The van der Waals surface area contributed by atoms with E-state index in [1.165, 1.54) is 35.2 Å². The number of anilines is 2. The zero-order chi connectivity index (χ0) is 32.8. The van der Waals surface area contributed by atoms with Crippen LogP contribution in [-0.2, 0) is 54.3 Å². The number of aromatic nitrogens is 8. The highest BCUT2D eigenvalue weighted by molar-refractivity contribution is 8.07. The third-order valence-electron chi connectivity index (χ3n) is 8.21. The van der Waals surface area contributed by atoms with Crippen molar-refractivity contribution >= 4 is 62.9 Å². The minimum atomic E-state index is -4.53. The van der Waals surface area contributed by atoms with E-state index in [1.807, 2.05) is 0 Å². The first kappa shape index (κ1) is 31.0. The molecule has 7 N–H and O–H groups in total. The van der Waals surface area contributed by atoms with Crippen LogP contribution in [0.25, 0.3) is 22.3 Å². The van der Waals surface area contributed by atoms with Crippen LogP contribution in [0.15, 0.2) is 23.8 Å². The Morgan fingerprint density at radius 1 is 1.00 bits per heavy atom. The van der Waals surface area contributed by atoms with E-state index in [0.717, 1.165) is 0 Å². The highest BCUT2D eigenvalue weighted by Crippen LogP contribution is 2.53. The third-order valence-corrected chi connectivity index (χ3v) is 10.8. The minimum absolute atomic E-state index is 0.0246. The average Bonchev–Trinajstić information content (AvgIpc) is 3.75. The van der Waals surface area contributed by atoms with Crippen molar-refractivity contribution in [3.63, 3.8) is 0 Å². The Labute approximate surface area is 268 Å². The summed E-state index contributed by atoms with van der Waals surface area (Å²) in [5.74, 6) is -0.0647. The van der Waals surface area contributed by atoms with Gasteiger partial charge in [0.1, 0.15) is 54.6 Å². The molecule has 6 bridgehead atoms. The third kappa shape index (κ3) is 5.21. The molecular weight excluding hydrogens is 689 g/mol. The molecule has 252 valence electrons. The van der Waals surface area contributed by atoms with Crippen molar-refractivity contribution < 1.29 is 45.5 Å². The van der Waals surface area contributed by atoms with Gasteiger partial charge in [0.2, 0.25) is 5.95 Å². The van der Waals surface area contributed by atoms with Crippen LogP contribution < -0.4 is 21.7 Å². The maximum atomic E-state index is 13.4. The maximum absolute atomic E-state index is 13.4. The highest BCUT2D eigenvalue weighted by atomic mass is 32.5. The number of rotatable bonds is 3. The molecule has 47 heavy (non-hydrogen) atoms. The Balaban J connectivity index is 1.16. The van der Waals surface area contributed by atoms with Crippen LogP contribution in [0.3, 0.4) is 0 Å². The second kappa shape index (κ2) is 11.1. The number of imidazole rings is 2. The first-order chi connectivity index (χ1) is 22.4. The van der Waals surface area contributed by atoms with E-state index in [2.05, 4.69) is 34.6 Å². The van der Waals surface area contributed by atoms with Crippen LogP contribution in [0, 0.1) is 0 Å². The number of hydrogen-bond donors (Lipinski definition) is 5. The second-order valence-corrected chi connectivity index (χ2v) is 15.1. The largest absolute Gasteiger partial charge is 0.382 e. The summed E-state index contributed by atoms with van der Waals surface area (Å²) in [4.78, 5) is 47.0. The van der Waals surface area contributed by atoms with Gasteiger partial charge in [-0.05, 0) is 11.8 Å². The van der Waals surface area contributed by atoms with Gasteiger partial charge in [-0.1, -0.05) is 0 Å². The lowest BCUT2D eigenvalue weighted by atomic mass is 10.0. The molecule has 9 unspecified atom stereocenters. The summed E-state index contributed by atoms with van der Waals surface area (Å²) in [6.07, 6.45) is -6.20. The van der Waals surface area contributed by atoms with Crippen LogP contribution in [0.4, 0.5) is 11.8 Å². The zero-order valence-corrected chi connectivity index (χ0v) is 26.4. The Morgan fingerprint density at radius 2 is 1.74 bits per heavy atom. The highest BCUT2D eigenvalue weighted by Gasteiger charge is 2.58. The molecule has 4 aromatic heterocycles. The molecular formula is C22H26N11O11PS2. The average molecular weight is 716 g/mol. The molecule has 4 fully saturated rings. The smallest absolute Gasteiger partial charge is 0.336 e. The number of ether oxygens (including phenoxy) is 4. The van der Waals surface area contributed by atoms with Gasteiger partial charge in [0.25, 0.3) is 5.56 Å². The normalized spacial score (nSPS) is 37.0. The molecule has 22 nitrogen and oxygen atoms in total. The quantitative estimate of drug-likeness (QED) is 0.138. The first-order valence-electron chi connectivity index (χ1n) is 13.9. The van der Waals surface area contributed by atoms with Gasteiger partial charge >= 0.3 is 17.0 Å². The van der Waals surface area contributed by atoms with E-state index in [4.69, 9.17) is 55.5 Å². The van der Waals surface area contributed by atoms with Gasteiger partial charge in [-0.3, -0.25) is 23.4 Å². The van der Waals surface area contributed by atoms with E-state index in [1.54, 1.807) is 0 Å². The van der Waals surface area contributed by atoms with Crippen molar-refractivity contribution in [2.24, 2.45) is 0 Å². The predicted octanol–water partition coefficient (Wildman–Crippen LogP) is -2.45. The van der Waals surface area contributed by atoms with Gasteiger partial charge in [-0.15, -0.1) is 0 Å². The van der Waals surface area contributed by atoms with Gasteiger partial charge < -0.3 is 39.8 Å². The first-order valence-corrected chi connectivity index (χ1v) is 17.9. The van der Waals surface area contributed by atoms with E-state index in [9.17, 15) is 18.1 Å². The Kier molecular flexibility index (Phi) is 7.36. The maximum Gasteiger partial charge on any atom is 0.336 e. The molecule has 0 aliphatic carbocycles. The zero-order valence-electron chi connectivity index (χ0n) is 23.9. The van der Waals surface area contributed by atoms with Gasteiger partial charge in [-0.2, -0.15) is 18.1 Å². The molecule has 0 radical (unpaired) electrons. The number of nitrogens with two attached hydrogens (primary N) is 2. The number of nitrogens with zero attached hydrogens (tertiary/aromatic N) is 7. The van der Waals surface area contributed by atoms with Crippen LogP contribution in [-0.4, -0.2) is 115 Å². The minimum Gasteiger partial charge on any atom is -0.382 e. The molecule has 8 heterocycles. The number of nitrogen functional groups attached to an aromatic ring is 2. The summed E-state index contributed by atoms with van der Waals surface area (Å²) in [6.45, 7) is -4.81. The Hall–Kier alpha value is -3.26. The number of hydrogen-bond acceptors (Lipinski definition) is 18. The van der Waals surface area contributed by atoms with Crippen molar-refractivity contribution in [1.29, 1.82) is 0 Å². The van der Waals surface area contributed by atoms with Crippen LogP contribution in [0.1, 0.15) is 12.5 Å². The Morgan fingerprint density at radius 3 is 2.53 bits per heavy atom. The van der Waals surface area contributed by atoms with E-state index < -0.39 is 77.8 Å². The van der Waals surface area contributed by atoms with Crippen molar-refractivity contribution in [3.05, 3.63) is 29.3 Å². The predicted molar refractivity (Wildman–Crippen MR) is 159 cm³/mol. The summed E-state index contributed by atoms with van der Waals surface area (Å²) in [6, 6.07) is 0. The number of fused-ring (bicyclic) bond motifs is 4. The van der Waals surface area contributed by atoms with Crippen LogP contribution in [0.5, 0.6) is 0 Å². The molecule has 10 atom stereocenters. The van der Waals surface area contributed by atoms with Crippen molar-refractivity contribution in [1.82, 2.24) is 43.8 Å². The van der Waals surface area contributed by atoms with Crippen LogP contribution >= 0.6 is 6.72 Å². The summed E-state index contributed by atoms with van der Waals surface area (Å²) >= 11 is 5.46. The van der Waals surface area contributed by atoms with Gasteiger partial charge in [0, 0.05) is 13.7 Å². The van der Waals surface area contributed by atoms with Gasteiger partial charge in [-0.25, -0.2) is 24.1 Å². The summed E-state index contributed by atoms with van der Waals surface area (Å²) in [5, 5.41) is 0. The van der Waals surface area contributed by atoms with E-state index >= 15 is 0 Å². The summed E-state index contributed by atoms with van der Waals surface area (Å²) in [5.41, 5.74) is 11.7. The summed E-state index contributed by atoms with van der Waals surface area (Å²) < 4.78 is 73.7. The molecule has 0 spiro atoms.